The van der Waals surface area contributed by atoms with Gasteiger partial charge in [0.05, 0.1) is 17.3 Å². The molecule has 3 rings (SSSR count). The first-order valence-corrected chi connectivity index (χ1v) is 11.2. The van der Waals surface area contributed by atoms with Crippen molar-refractivity contribution in [1.29, 1.82) is 0 Å². The van der Waals surface area contributed by atoms with Crippen LogP contribution in [0.2, 0.25) is 0 Å². The van der Waals surface area contributed by atoms with Crippen molar-refractivity contribution in [3.05, 3.63) is 24.3 Å². The van der Waals surface area contributed by atoms with Crippen molar-refractivity contribution in [3.8, 4) is 0 Å². The summed E-state index contributed by atoms with van der Waals surface area (Å²) >= 11 is 1.25. The Balaban J connectivity index is 1.69. The van der Waals surface area contributed by atoms with Gasteiger partial charge in [-0.2, -0.15) is 0 Å². The molecular formula is C17H22N2O4S2. The lowest BCUT2D eigenvalue weighted by molar-refractivity contribution is -0.132. The second-order valence-electron chi connectivity index (χ2n) is 6.35. The molecule has 2 atom stereocenters. The number of sulfone groups is 1. The molecule has 8 heteroatoms. The predicted octanol–water partition coefficient (Wildman–Crippen LogP) is 2.73. The van der Waals surface area contributed by atoms with Crippen LogP contribution in [0.3, 0.4) is 0 Å². The van der Waals surface area contributed by atoms with Crippen molar-refractivity contribution in [2.45, 2.75) is 44.0 Å². The summed E-state index contributed by atoms with van der Waals surface area (Å²) in [5, 5.41) is 0.456. The fourth-order valence-electron chi connectivity index (χ4n) is 3.11. The van der Waals surface area contributed by atoms with E-state index in [1.807, 2.05) is 38.1 Å². The van der Waals surface area contributed by atoms with E-state index in [4.69, 9.17) is 4.42 Å². The summed E-state index contributed by atoms with van der Waals surface area (Å²) in [5.41, 5.74) is 1.45. The van der Waals surface area contributed by atoms with Crippen molar-refractivity contribution in [1.82, 2.24) is 9.88 Å². The van der Waals surface area contributed by atoms with Crippen molar-refractivity contribution < 1.29 is 17.6 Å². The van der Waals surface area contributed by atoms with Crippen molar-refractivity contribution in [2.75, 3.05) is 17.3 Å². The van der Waals surface area contributed by atoms with E-state index < -0.39 is 9.84 Å². The molecule has 0 saturated carbocycles. The molecule has 0 spiro atoms. The summed E-state index contributed by atoms with van der Waals surface area (Å²) in [7, 11) is -3.03. The molecule has 1 aromatic carbocycles. The lowest BCUT2D eigenvalue weighted by Gasteiger charge is -2.33. The standard InChI is InChI=1S/C17H22N2O4S2/c1-3-12(2)19(13-8-9-25(21,22)11-13)16(20)10-24-17-18-14-6-4-5-7-15(14)23-17/h4-7,12-13H,3,8-11H2,1-2H3/t12-,13-/m1/s1. The van der Waals surface area contributed by atoms with Crippen molar-refractivity contribution in [3.63, 3.8) is 0 Å². The maximum Gasteiger partial charge on any atom is 0.257 e. The molecule has 0 radical (unpaired) electrons. The summed E-state index contributed by atoms with van der Waals surface area (Å²) in [4.78, 5) is 18.9. The average Bonchev–Trinajstić information content (AvgIpc) is 3.15. The number of fused-ring (bicyclic) bond motifs is 1. The molecule has 25 heavy (non-hydrogen) atoms. The van der Waals surface area contributed by atoms with Crippen LogP contribution < -0.4 is 0 Å². The Bertz CT molecular complexity index is 829. The highest BCUT2D eigenvalue weighted by atomic mass is 32.2. The molecule has 1 aliphatic rings. The minimum absolute atomic E-state index is 0.00929. The first-order valence-electron chi connectivity index (χ1n) is 8.39. The van der Waals surface area contributed by atoms with E-state index >= 15 is 0 Å². The van der Waals surface area contributed by atoms with Crippen LogP contribution in [-0.4, -0.2) is 53.6 Å². The maximum absolute atomic E-state index is 12.8. The SMILES string of the molecule is CC[C@@H](C)N(C(=O)CSc1nc2ccccc2o1)[C@@H]1CCS(=O)(=O)C1. The highest BCUT2D eigenvalue weighted by molar-refractivity contribution is 7.99. The maximum atomic E-state index is 12.8. The van der Waals surface area contributed by atoms with Crippen LogP contribution in [0, 0.1) is 0 Å². The smallest absolute Gasteiger partial charge is 0.257 e. The number of para-hydroxylation sites is 2. The Labute approximate surface area is 151 Å². The van der Waals surface area contributed by atoms with Gasteiger partial charge in [0.1, 0.15) is 5.52 Å². The topological polar surface area (TPSA) is 80.5 Å². The molecule has 1 aliphatic heterocycles. The summed E-state index contributed by atoms with van der Waals surface area (Å²) in [6.07, 6.45) is 1.31. The van der Waals surface area contributed by atoms with E-state index in [0.717, 1.165) is 11.9 Å². The highest BCUT2D eigenvalue weighted by Crippen LogP contribution is 2.26. The Morgan fingerprint density at radius 3 is 2.84 bits per heavy atom. The largest absolute Gasteiger partial charge is 0.431 e. The Morgan fingerprint density at radius 2 is 2.20 bits per heavy atom. The fraction of sp³-hybridized carbons (Fsp3) is 0.529. The first-order chi connectivity index (χ1) is 11.9. The van der Waals surface area contributed by atoms with Crippen molar-refractivity contribution in [2.24, 2.45) is 0 Å². The zero-order valence-corrected chi connectivity index (χ0v) is 16.0. The van der Waals surface area contributed by atoms with E-state index in [2.05, 4.69) is 4.98 Å². The normalized spacial score (nSPS) is 20.6. The minimum Gasteiger partial charge on any atom is -0.431 e. The summed E-state index contributed by atoms with van der Waals surface area (Å²) < 4.78 is 29.2. The number of rotatable bonds is 6. The van der Waals surface area contributed by atoms with E-state index in [1.54, 1.807) is 4.90 Å². The molecule has 136 valence electrons. The number of nitrogens with zero attached hydrogens (tertiary/aromatic N) is 2. The predicted molar refractivity (Wildman–Crippen MR) is 98.4 cm³/mol. The van der Waals surface area contributed by atoms with Crippen LogP contribution in [0.4, 0.5) is 0 Å². The zero-order valence-electron chi connectivity index (χ0n) is 14.3. The van der Waals surface area contributed by atoms with Crippen LogP contribution >= 0.6 is 11.8 Å². The zero-order chi connectivity index (χ0) is 18.0. The van der Waals surface area contributed by atoms with Gasteiger partial charge < -0.3 is 9.32 Å². The lowest BCUT2D eigenvalue weighted by atomic mass is 10.1. The number of hydrogen-bond acceptors (Lipinski definition) is 6. The number of hydrogen-bond donors (Lipinski definition) is 0. The molecule has 0 unspecified atom stereocenters. The van der Waals surface area contributed by atoms with Gasteiger partial charge in [0.2, 0.25) is 5.91 Å². The number of benzene rings is 1. The third-order valence-electron chi connectivity index (χ3n) is 4.55. The molecule has 0 N–H and O–H groups in total. The highest BCUT2D eigenvalue weighted by Gasteiger charge is 2.36. The molecular weight excluding hydrogens is 360 g/mol. The van der Waals surface area contributed by atoms with Crippen molar-refractivity contribution >= 4 is 38.6 Å². The number of thioether (sulfide) groups is 1. The van der Waals surface area contributed by atoms with E-state index in [9.17, 15) is 13.2 Å². The second kappa shape index (κ2) is 7.37. The van der Waals surface area contributed by atoms with Gasteiger partial charge in [0.15, 0.2) is 15.4 Å². The summed E-state index contributed by atoms with van der Waals surface area (Å²) in [6.45, 7) is 3.97. The molecule has 1 amide bonds. The van der Waals surface area contributed by atoms with Crippen LogP contribution in [-0.2, 0) is 14.6 Å². The third kappa shape index (κ3) is 4.17. The molecule has 1 fully saturated rings. The molecule has 6 nitrogen and oxygen atoms in total. The summed E-state index contributed by atoms with van der Waals surface area (Å²) in [5.74, 6) is 0.351. The Kier molecular flexibility index (Phi) is 5.38. The first kappa shape index (κ1) is 18.3. The molecule has 1 aromatic heterocycles. The molecule has 0 aliphatic carbocycles. The Morgan fingerprint density at radius 1 is 1.44 bits per heavy atom. The van der Waals surface area contributed by atoms with E-state index in [1.165, 1.54) is 11.8 Å². The number of oxazole rings is 1. The number of carbonyl (C=O) groups is 1. The molecule has 1 saturated heterocycles. The molecule has 2 heterocycles. The van der Waals surface area contributed by atoms with Crippen LogP contribution in [0.1, 0.15) is 26.7 Å². The Hall–Kier alpha value is -1.54. The number of aromatic nitrogens is 1. The van der Waals surface area contributed by atoms with Gasteiger partial charge in [-0.15, -0.1) is 0 Å². The van der Waals surface area contributed by atoms with Gasteiger partial charge in [-0.05, 0) is 31.9 Å². The van der Waals surface area contributed by atoms with E-state index in [-0.39, 0.29) is 35.2 Å². The average molecular weight is 383 g/mol. The van der Waals surface area contributed by atoms with Gasteiger partial charge in [0, 0.05) is 12.1 Å². The minimum atomic E-state index is -3.03. The third-order valence-corrected chi connectivity index (χ3v) is 7.11. The second-order valence-corrected chi connectivity index (χ2v) is 9.51. The lowest BCUT2D eigenvalue weighted by Crippen LogP contribution is -2.47. The molecule has 0 bridgehead atoms. The van der Waals surface area contributed by atoms with Crippen LogP contribution in [0.5, 0.6) is 0 Å². The van der Waals surface area contributed by atoms with Crippen LogP contribution in [0.25, 0.3) is 11.1 Å². The molecule has 2 aromatic rings. The summed E-state index contributed by atoms with van der Waals surface area (Å²) in [6, 6.07) is 7.24. The quantitative estimate of drug-likeness (QED) is 0.715. The van der Waals surface area contributed by atoms with Gasteiger partial charge in [-0.3, -0.25) is 4.79 Å². The van der Waals surface area contributed by atoms with Crippen LogP contribution in [0.15, 0.2) is 33.9 Å². The monoisotopic (exact) mass is 382 g/mol. The van der Waals surface area contributed by atoms with Gasteiger partial charge in [0.25, 0.3) is 5.22 Å². The van der Waals surface area contributed by atoms with Gasteiger partial charge in [-0.25, -0.2) is 13.4 Å². The van der Waals surface area contributed by atoms with Gasteiger partial charge in [-0.1, -0.05) is 30.8 Å². The van der Waals surface area contributed by atoms with Gasteiger partial charge >= 0.3 is 0 Å². The fourth-order valence-corrected chi connectivity index (χ4v) is 5.53. The number of amides is 1. The van der Waals surface area contributed by atoms with E-state index in [0.29, 0.717) is 17.2 Å². The number of carbonyl (C=O) groups excluding carboxylic acids is 1.